The molecule has 1 aromatic heterocycles. The highest BCUT2D eigenvalue weighted by Gasteiger charge is 2.18. The molecule has 0 spiro atoms. The van der Waals surface area contributed by atoms with Crippen molar-refractivity contribution in [3.8, 4) is 11.5 Å². The number of nitrogens with zero attached hydrogens (tertiary/aromatic N) is 1. The average molecular weight is 412 g/mol. The molecular weight excluding hydrogens is 392 g/mol. The molecule has 2 aromatic carbocycles. The number of aromatic nitrogens is 1. The second kappa shape index (κ2) is 8.74. The molecular formula is C21H20N2O5S. The number of rotatable bonds is 6. The van der Waals surface area contributed by atoms with E-state index in [2.05, 4.69) is 5.32 Å². The van der Waals surface area contributed by atoms with Crippen LogP contribution in [0.2, 0.25) is 0 Å². The van der Waals surface area contributed by atoms with Gasteiger partial charge in [-0.3, -0.25) is 19.0 Å². The highest BCUT2D eigenvalue weighted by Crippen LogP contribution is 2.19. The molecule has 0 saturated heterocycles. The smallest absolute Gasteiger partial charge is 0.308 e. The van der Waals surface area contributed by atoms with Crippen molar-refractivity contribution in [2.24, 2.45) is 0 Å². The van der Waals surface area contributed by atoms with E-state index in [9.17, 15) is 14.4 Å². The van der Waals surface area contributed by atoms with Crippen LogP contribution in [0.3, 0.4) is 0 Å². The zero-order chi connectivity index (χ0) is 21.0. The maximum atomic E-state index is 12.6. The summed E-state index contributed by atoms with van der Waals surface area (Å²) in [5.74, 6) is 0.402. The summed E-state index contributed by atoms with van der Waals surface area (Å²) in [4.78, 5) is 36.2. The fourth-order valence-electron chi connectivity index (χ4n) is 2.74. The van der Waals surface area contributed by atoms with Gasteiger partial charge in [-0.05, 0) is 48.9 Å². The fourth-order valence-corrected chi connectivity index (χ4v) is 3.63. The van der Waals surface area contributed by atoms with Crippen molar-refractivity contribution in [3.63, 3.8) is 0 Å². The summed E-state index contributed by atoms with van der Waals surface area (Å²) in [6, 6.07) is 13.8. The zero-order valence-electron chi connectivity index (χ0n) is 16.2. The summed E-state index contributed by atoms with van der Waals surface area (Å²) in [6.07, 6.45) is 0. The summed E-state index contributed by atoms with van der Waals surface area (Å²) in [5.41, 5.74) is 2.06. The number of anilines is 1. The molecule has 1 amide bonds. The molecule has 0 atom stereocenters. The molecule has 150 valence electrons. The lowest BCUT2D eigenvalue weighted by atomic mass is 10.2. The number of ether oxygens (including phenoxy) is 2. The monoisotopic (exact) mass is 412 g/mol. The van der Waals surface area contributed by atoms with Gasteiger partial charge in [0.1, 0.15) is 16.4 Å². The molecule has 0 aliphatic carbocycles. The number of amides is 1. The fraction of sp³-hybridized carbons (Fsp3) is 0.190. The SMILES string of the molecule is COc1ccc(NC(=O)c2sc(=O)n(Cc3ccc(OC(C)=O)cc3)c2C)cc1. The number of esters is 1. The Labute approximate surface area is 171 Å². The van der Waals surface area contributed by atoms with Crippen molar-refractivity contribution in [3.05, 3.63) is 74.3 Å². The number of carbonyl (C=O) groups is 2. The van der Waals surface area contributed by atoms with Crippen molar-refractivity contribution in [2.75, 3.05) is 12.4 Å². The molecule has 3 aromatic rings. The lowest BCUT2D eigenvalue weighted by molar-refractivity contribution is -0.131. The van der Waals surface area contributed by atoms with Gasteiger partial charge in [0.05, 0.1) is 13.7 Å². The van der Waals surface area contributed by atoms with E-state index >= 15 is 0 Å². The first-order valence-electron chi connectivity index (χ1n) is 8.80. The second-order valence-corrected chi connectivity index (χ2v) is 7.25. The van der Waals surface area contributed by atoms with Crippen molar-refractivity contribution in [2.45, 2.75) is 20.4 Å². The standard InChI is InChI=1S/C21H20N2O5S/c1-13-19(20(25)22-16-6-10-17(27-3)11-7-16)29-21(26)23(13)12-15-4-8-18(9-5-15)28-14(2)24/h4-11H,12H2,1-3H3,(H,22,25). The van der Waals surface area contributed by atoms with Gasteiger partial charge in [0.15, 0.2) is 0 Å². The zero-order valence-corrected chi connectivity index (χ0v) is 17.0. The van der Waals surface area contributed by atoms with Gasteiger partial charge in [-0.15, -0.1) is 0 Å². The van der Waals surface area contributed by atoms with Crippen molar-refractivity contribution in [1.29, 1.82) is 0 Å². The van der Waals surface area contributed by atoms with Crippen LogP contribution in [0.25, 0.3) is 0 Å². The van der Waals surface area contributed by atoms with Crippen molar-refractivity contribution < 1.29 is 19.1 Å². The van der Waals surface area contributed by atoms with Crippen LogP contribution in [0.15, 0.2) is 53.3 Å². The summed E-state index contributed by atoms with van der Waals surface area (Å²) in [5, 5.41) is 2.80. The first-order chi connectivity index (χ1) is 13.9. The van der Waals surface area contributed by atoms with Gasteiger partial charge < -0.3 is 14.8 Å². The van der Waals surface area contributed by atoms with Gasteiger partial charge >= 0.3 is 10.8 Å². The minimum atomic E-state index is -0.393. The van der Waals surface area contributed by atoms with Crippen molar-refractivity contribution >= 4 is 28.9 Å². The van der Waals surface area contributed by atoms with Crippen LogP contribution in [-0.4, -0.2) is 23.6 Å². The number of hydrogen-bond acceptors (Lipinski definition) is 6. The largest absolute Gasteiger partial charge is 0.497 e. The third-order valence-electron chi connectivity index (χ3n) is 4.22. The molecule has 3 rings (SSSR count). The average Bonchev–Trinajstić information content (AvgIpc) is 2.98. The Hall–Kier alpha value is -3.39. The number of nitrogens with one attached hydrogen (secondary N) is 1. The lowest BCUT2D eigenvalue weighted by Crippen LogP contribution is -2.16. The van der Waals surface area contributed by atoms with E-state index in [-0.39, 0.29) is 10.8 Å². The van der Waals surface area contributed by atoms with Gasteiger partial charge in [0.25, 0.3) is 5.91 Å². The third-order valence-corrected chi connectivity index (χ3v) is 5.30. The summed E-state index contributed by atoms with van der Waals surface area (Å²) >= 11 is 0.908. The Kier molecular flexibility index (Phi) is 6.13. The Morgan fingerprint density at radius 3 is 2.24 bits per heavy atom. The van der Waals surface area contributed by atoms with Crippen LogP contribution in [0.4, 0.5) is 5.69 Å². The lowest BCUT2D eigenvalue weighted by Gasteiger charge is -2.08. The number of thiazole rings is 1. The highest BCUT2D eigenvalue weighted by atomic mass is 32.1. The predicted octanol–water partition coefficient (Wildman–Crippen LogP) is 3.45. The van der Waals surface area contributed by atoms with Crippen LogP contribution >= 0.6 is 11.3 Å². The van der Waals surface area contributed by atoms with Gasteiger partial charge in [-0.1, -0.05) is 23.5 Å². The Morgan fingerprint density at radius 2 is 1.66 bits per heavy atom. The molecule has 8 heteroatoms. The highest BCUT2D eigenvalue weighted by molar-refractivity contribution is 7.11. The summed E-state index contributed by atoms with van der Waals surface area (Å²) in [6.45, 7) is 3.39. The van der Waals surface area contributed by atoms with Crippen LogP contribution in [0.5, 0.6) is 11.5 Å². The number of hydrogen-bond donors (Lipinski definition) is 1. The predicted molar refractivity (Wildman–Crippen MR) is 111 cm³/mol. The molecule has 0 unspecified atom stereocenters. The molecule has 0 radical (unpaired) electrons. The van der Waals surface area contributed by atoms with E-state index in [4.69, 9.17) is 9.47 Å². The van der Waals surface area contributed by atoms with E-state index in [0.717, 1.165) is 16.9 Å². The van der Waals surface area contributed by atoms with Crippen LogP contribution in [0, 0.1) is 6.92 Å². The van der Waals surface area contributed by atoms with Gasteiger partial charge in [-0.25, -0.2) is 0 Å². The van der Waals surface area contributed by atoms with E-state index < -0.39 is 5.97 Å². The molecule has 0 aliphatic heterocycles. The Balaban J connectivity index is 1.76. The van der Waals surface area contributed by atoms with Crippen LogP contribution in [0.1, 0.15) is 27.9 Å². The first kappa shape index (κ1) is 20.3. The quantitative estimate of drug-likeness (QED) is 0.495. The molecule has 0 bridgehead atoms. The van der Waals surface area contributed by atoms with Gasteiger partial charge in [-0.2, -0.15) is 0 Å². The maximum Gasteiger partial charge on any atom is 0.308 e. The topological polar surface area (TPSA) is 86.6 Å². The molecule has 1 N–H and O–H groups in total. The van der Waals surface area contributed by atoms with Crippen LogP contribution in [-0.2, 0) is 11.3 Å². The number of methoxy groups -OCH3 is 1. The van der Waals surface area contributed by atoms with E-state index in [1.54, 1.807) is 67.1 Å². The minimum absolute atomic E-state index is 0.216. The first-order valence-corrected chi connectivity index (χ1v) is 9.62. The van der Waals surface area contributed by atoms with Crippen LogP contribution < -0.4 is 19.7 Å². The molecule has 0 fully saturated rings. The maximum absolute atomic E-state index is 12.6. The number of carbonyl (C=O) groups excluding carboxylic acids is 2. The minimum Gasteiger partial charge on any atom is -0.497 e. The molecule has 0 aliphatic rings. The van der Waals surface area contributed by atoms with Gasteiger partial charge in [0, 0.05) is 18.3 Å². The summed E-state index contributed by atoms with van der Waals surface area (Å²) < 4.78 is 11.7. The van der Waals surface area contributed by atoms with Gasteiger partial charge in [0.2, 0.25) is 0 Å². The molecule has 29 heavy (non-hydrogen) atoms. The third kappa shape index (κ3) is 4.91. The number of benzene rings is 2. The normalized spacial score (nSPS) is 10.4. The van der Waals surface area contributed by atoms with Crippen molar-refractivity contribution in [1.82, 2.24) is 4.57 Å². The Morgan fingerprint density at radius 1 is 1.03 bits per heavy atom. The van der Waals surface area contributed by atoms with E-state index in [1.165, 1.54) is 6.92 Å². The summed E-state index contributed by atoms with van der Waals surface area (Å²) in [7, 11) is 1.57. The van der Waals surface area contributed by atoms with E-state index in [1.807, 2.05) is 0 Å². The molecule has 7 nitrogen and oxygen atoms in total. The molecule has 1 heterocycles. The Bertz CT molecular complexity index is 1080. The molecule has 0 saturated carbocycles. The second-order valence-electron chi connectivity index (χ2n) is 6.29. The van der Waals surface area contributed by atoms with E-state index in [0.29, 0.717) is 34.3 Å².